The maximum absolute atomic E-state index is 10.7. The molecule has 0 fully saturated rings. The highest BCUT2D eigenvalue weighted by Crippen LogP contribution is 2.15. The van der Waals surface area contributed by atoms with Crippen LogP contribution in [0, 0.1) is 11.8 Å². The molecular formula is C11H8BrNO3. The molecule has 0 aliphatic heterocycles. The van der Waals surface area contributed by atoms with E-state index in [-0.39, 0.29) is 12.0 Å². The van der Waals surface area contributed by atoms with Gasteiger partial charge in [0.15, 0.2) is 0 Å². The van der Waals surface area contributed by atoms with Gasteiger partial charge in [0, 0.05) is 10.0 Å². The van der Waals surface area contributed by atoms with Crippen LogP contribution in [0.1, 0.15) is 22.3 Å². The molecular weight excluding hydrogens is 274 g/mol. The van der Waals surface area contributed by atoms with Gasteiger partial charge in [0.25, 0.3) is 0 Å². The van der Waals surface area contributed by atoms with Gasteiger partial charge < -0.3 is 10.8 Å². The lowest BCUT2D eigenvalue weighted by Gasteiger charge is -1.97. The van der Waals surface area contributed by atoms with Crippen molar-refractivity contribution in [3.63, 3.8) is 0 Å². The highest BCUT2D eigenvalue weighted by molar-refractivity contribution is 9.10. The summed E-state index contributed by atoms with van der Waals surface area (Å²) >= 11 is 3.18. The number of hydrogen-bond acceptors (Lipinski definition) is 2. The van der Waals surface area contributed by atoms with Gasteiger partial charge >= 0.3 is 5.97 Å². The smallest absolute Gasteiger partial charge is 0.335 e. The molecule has 0 heterocycles. The Balaban J connectivity index is 2.99. The SMILES string of the molecule is NC(=O)CC#Cc1cc(Br)cc(C(=O)O)c1. The van der Waals surface area contributed by atoms with Crippen molar-refractivity contribution in [2.24, 2.45) is 5.73 Å². The number of aromatic carboxylic acids is 1. The standard InChI is InChI=1S/C11H8BrNO3/c12-9-5-7(2-1-3-10(13)14)4-8(6-9)11(15)16/h4-6H,3H2,(H2,13,14)(H,15,16). The van der Waals surface area contributed by atoms with Crippen LogP contribution in [-0.2, 0) is 4.79 Å². The number of primary amides is 1. The van der Waals surface area contributed by atoms with Crippen molar-refractivity contribution < 1.29 is 14.7 Å². The molecule has 4 nitrogen and oxygen atoms in total. The van der Waals surface area contributed by atoms with Gasteiger partial charge in [0.1, 0.15) is 0 Å². The number of carboxylic acid groups (broad SMARTS) is 1. The van der Waals surface area contributed by atoms with Gasteiger partial charge in [0.05, 0.1) is 12.0 Å². The molecule has 0 spiro atoms. The molecule has 0 bridgehead atoms. The number of carboxylic acids is 1. The molecule has 0 saturated heterocycles. The van der Waals surface area contributed by atoms with E-state index in [0.717, 1.165) is 0 Å². The Bertz CT molecular complexity index is 500. The average Bonchev–Trinajstić information content (AvgIpc) is 2.16. The van der Waals surface area contributed by atoms with Crippen LogP contribution < -0.4 is 5.73 Å². The van der Waals surface area contributed by atoms with Crippen LogP contribution in [0.3, 0.4) is 0 Å². The summed E-state index contributed by atoms with van der Waals surface area (Å²) in [6, 6.07) is 4.57. The number of rotatable bonds is 2. The van der Waals surface area contributed by atoms with E-state index in [2.05, 4.69) is 27.8 Å². The van der Waals surface area contributed by atoms with E-state index in [4.69, 9.17) is 10.8 Å². The second kappa shape index (κ2) is 5.33. The van der Waals surface area contributed by atoms with Crippen LogP contribution in [0.15, 0.2) is 22.7 Å². The third-order valence-corrected chi connectivity index (χ3v) is 2.10. The van der Waals surface area contributed by atoms with Crippen molar-refractivity contribution in [1.29, 1.82) is 0 Å². The van der Waals surface area contributed by atoms with Crippen LogP contribution in [-0.4, -0.2) is 17.0 Å². The highest BCUT2D eigenvalue weighted by Gasteiger charge is 2.04. The van der Waals surface area contributed by atoms with E-state index >= 15 is 0 Å². The Morgan fingerprint density at radius 1 is 1.38 bits per heavy atom. The Kier molecular flexibility index (Phi) is 4.09. The first kappa shape index (κ1) is 12.3. The third kappa shape index (κ3) is 3.75. The largest absolute Gasteiger partial charge is 0.478 e. The van der Waals surface area contributed by atoms with Crippen molar-refractivity contribution in [2.45, 2.75) is 6.42 Å². The number of carbonyl (C=O) groups excluding carboxylic acids is 1. The molecule has 1 rings (SSSR count). The van der Waals surface area contributed by atoms with Crippen LogP contribution in [0.4, 0.5) is 0 Å². The van der Waals surface area contributed by atoms with Gasteiger partial charge in [-0.3, -0.25) is 4.79 Å². The molecule has 82 valence electrons. The quantitative estimate of drug-likeness (QED) is 0.804. The fourth-order valence-electron chi connectivity index (χ4n) is 1.02. The summed E-state index contributed by atoms with van der Waals surface area (Å²) in [4.78, 5) is 21.2. The fraction of sp³-hybridized carbons (Fsp3) is 0.0909. The number of benzene rings is 1. The van der Waals surface area contributed by atoms with Crippen LogP contribution >= 0.6 is 15.9 Å². The van der Waals surface area contributed by atoms with Crippen molar-refractivity contribution in [3.05, 3.63) is 33.8 Å². The summed E-state index contributed by atoms with van der Waals surface area (Å²) in [5.41, 5.74) is 5.58. The molecule has 1 amide bonds. The summed E-state index contributed by atoms with van der Waals surface area (Å²) in [5, 5.41) is 8.80. The normalized spacial score (nSPS) is 9.06. The molecule has 0 radical (unpaired) electrons. The van der Waals surface area contributed by atoms with Gasteiger partial charge in [-0.25, -0.2) is 4.79 Å². The Labute approximate surface area is 101 Å². The second-order valence-corrected chi connectivity index (χ2v) is 3.89. The molecule has 0 atom stereocenters. The zero-order valence-electron chi connectivity index (χ0n) is 8.16. The lowest BCUT2D eigenvalue weighted by atomic mass is 10.1. The summed E-state index contributed by atoms with van der Waals surface area (Å²) in [5.74, 6) is 3.68. The van der Waals surface area contributed by atoms with E-state index in [9.17, 15) is 9.59 Å². The van der Waals surface area contributed by atoms with Gasteiger partial charge in [-0.15, -0.1) is 0 Å². The molecule has 1 aromatic rings. The van der Waals surface area contributed by atoms with Crippen LogP contribution in [0.5, 0.6) is 0 Å². The maximum atomic E-state index is 10.7. The van der Waals surface area contributed by atoms with Crippen LogP contribution in [0.25, 0.3) is 0 Å². The fourth-order valence-corrected chi connectivity index (χ4v) is 1.51. The predicted molar refractivity (Wildman–Crippen MR) is 61.8 cm³/mol. The Morgan fingerprint density at radius 2 is 2.06 bits per heavy atom. The Hall–Kier alpha value is -1.80. The number of halogens is 1. The number of carbonyl (C=O) groups is 2. The molecule has 0 aliphatic rings. The molecule has 0 unspecified atom stereocenters. The third-order valence-electron chi connectivity index (χ3n) is 1.64. The van der Waals surface area contributed by atoms with E-state index in [0.29, 0.717) is 10.0 Å². The zero-order valence-corrected chi connectivity index (χ0v) is 9.74. The summed E-state index contributed by atoms with van der Waals surface area (Å²) in [6.07, 6.45) is -0.0467. The molecule has 0 aliphatic carbocycles. The highest BCUT2D eigenvalue weighted by atomic mass is 79.9. The van der Waals surface area contributed by atoms with Gasteiger partial charge in [0.2, 0.25) is 5.91 Å². The molecule has 3 N–H and O–H groups in total. The lowest BCUT2D eigenvalue weighted by molar-refractivity contribution is -0.117. The minimum absolute atomic E-state index is 0.0467. The summed E-state index contributed by atoms with van der Waals surface area (Å²) < 4.78 is 0.621. The first-order valence-electron chi connectivity index (χ1n) is 4.30. The monoisotopic (exact) mass is 281 g/mol. The van der Waals surface area contributed by atoms with E-state index in [1.165, 1.54) is 12.1 Å². The van der Waals surface area contributed by atoms with E-state index in [1.54, 1.807) is 6.07 Å². The first-order valence-corrected chi connectivity index (χ1v) is 5.09. The second-order valence-electron chi connectivity index (χ2n) is 2.98. The molecule has 16 heavy (non-hydrogen) atoms. The Morgan fingerprint density at radius 3 is 2.62 bits per heavy atom. The van der Waals surface area contributed by atoms with E-state index in [1.807, 2.05) is 0 Å². The average molecular weight is 282 g/mol. The van der Waals surface area contributed by atoms with Gasteiger partial charge in [-0.05, 0) is 18.2 Å². The van der Waals surface area contributed by atoms with Gasteiger partial charge in [-0.1, -0.05) is 27.8 Å². The number of hydrogen-bond donors (Lipinski definition) is 2. The zero-order chi connectivity index (χ0) is 12.1. The topological polar surface area (TPSA) is 80.4 Å². The molecule has 1 aromatic carbocycles. The first-order chi connectivity index (χ1) is 7.49. The number of amides is 1. The number of nitrogens with two attached hydrogens (primary N) is 1. The minimum atomic E-state index is -1.03. The summed E-state index contributed by atoms with van der Waals surface area (Å²) in [6.45, 7) is 0. The van der Waals surface area contributed by atoms with E-state index < -0.39 is 11.9 Å². The van der Waals surface area contributed by atoms with Crippen molar-refractivity contribution in [3.8, 4) is 11.8 Å². The minimum Gasteiger partial charge on any atom is -0.478 e. The molecule has 0 saturated carbocycles. The van der Waals surface area contributed by atoms with Gasteiger partial charge in [-0.2, -0.15) is 0 Å². The van der Waals surface area contributed by atoms with Crippen LogP contribution in [0.2, 0.25) is 0 Å². The maximum Gasteiger partial charge on any atom is 0.335 e. The molecule has 0 aromatic heterocycles. The van der Waals surface area contributed by atoms with Crippen molar-refractivity contribution in [1.82, 2.24) is 0 Å². The summed E-state index contributed by atoms with van der Waals surface area (Å²) in [7, 11) is 0. The van der Waals surface area contributed by atoms with Crippen molar-refractivity contribution in [2.75, 3.05) is 0 Å². The van der Waals surface area contributed by atoms with Crippen molar-refractivity contribution >= 4 is 27.8 Å². The molecule has 5 heteroatoms. The lowest BCUT2D eigenvalue weighted by Crippen LogP contribution is -2.08. The predicted octanol–water partition coefficient (Wildman–Crippen LogP) is 1.37.